The van der Waals surface area contributed by atoms with Gasteiger partial charge >= 0.3 is 0 Å². The number of nitrogens with zero attached hydrogens (tertiary/aromatic N) is 3. The van der Waals surface area contributed by atoms with Gasteiger partial charge in [-0.25, -0.2) is 9.35 Å². The lowest BCUT2D eigenvalue weighted by Crippen LogP contribution is -2.06. The SMILES string of the molecule is COc1cc(OC)c(-c2nncn2CC(C)C)cc1/C=C/C(=O)c1ccc(S(N)=O)cc1. The first kappa shape index (κ1) is 23.4. The van der Waals surface area contributed by atoms with Crippen molar-refractivity contribution in [1.82, 2.24) is 14.8 Å². The molecule has 1 atom stereocenters. The van der Waals surface area contributed by atoms with Crippen LogP contribution in [0.5, 0.6) is 11.5 Å². The summed E-state index contributed by atoms with van der Waals surface area (Å²) >= 11 is 0. The summed E-state index contributed by atoms with van der Waals surface area (Å²) < 4.78 is 24.4. The number of carbonyl (C=O) groups excluding carboxylic acids is 1. The van der Waals surface area contributed by atoms with Crippen molar-refractivity contribution in [3.8, 4) is 22.9 Å². The van der Waals surface area contributed by atoms with Gasteiger partial charge < -0.3 is 14.0 Å². The van der Waals surface area contributed by atoms with Crippen LogP contribution in [0.25, 0.3) is 17.5 Å². The van der Waals surface area contributed by atoms with Crippen LogP contribution in [0.4, 0.5) is 0 Å². The van der Waals surface area contributed by atoms with Gasteiger partial charge in [-0.1, -0.05) is 13.8 Å². The van der Waals surface area contributed by atoms with Gasteiger partial charge in [0.2, 0.25) is 0 Å². The molecule has 1 aromatic heterocycles. The highest BCUT2D eigenvalue weighted by Crippen LogP contribution is 2.36. The Labute approximate surface area is 189 Å². The molecule has 3 aromatic rings. The van der Waals surface area contributed by atoms with Gasteiger partial charge in [0, 0.05) is 23.7 Å². The highest BCUT2D eigenvalue weighted by Gasteiger charge is 2.17. The zero-order valence-electron chi connectivity index (χ0n) is 18.4. The molecule has 0 aliphatic heterocycles. The van der Waals surface area contributed by atoms with Crippen molar-refractivity contribution in [1.29, 1.82) is 0 Å². The molecule has 0 radical (unpaired) electrons. The number of methoxy groups -OCH3 is 2. The molecule has 3 rings (SSSR count). The zero-order valence-corrected chi connectivity index (χ0v) is 19.3. The number of carbonyl (C=O) groups is 1. The fraction of sp³-hybridized carbons (Fsp3) is 0.261. The molecule has 0 bridgehead atoms. The van der Waals surface area contributed by atoms with Crippen molar-refractivity contribution in [2.75, 3.05) is 14.2 Å². The lowest BCUT2D eigenvalue weighted by atomic mass is 10.0. The van der Waals surface area contributed by atoms with E-state index in [9.17, 15) is 9.00 Å². The van der Waals surface area contributed by atoms with Gasteiger partial charge in [-0.3, -0.25) is 4.79 Å². The second kappa shape index (κ2) is 10.3. The van der Waals surface area contributed by atoms with Crippen molar-refractivity contribution < 1.29 is 18.5 Å². The molecule has 0 saturated carbocycles. The molecule has 0 amide bonds. The largest absolute Gasteiger partial charge is 0.496 e. The summed E-state index contributed by atoms with van der Waals surface area (Å²) in [6, 6.07) is 9.97. The van der Waals surface area contributed by atoms with Gasteiger partial charge in [0.05, 0.1) is 24.7 Å². The molecular formula is C23H26N4O4S. The highest BCUT2D eigenvalue weighted by molar-refractivity contribution is 7.82. The molecule has 1 unspecified atom stereocenters. The zero-order chi connectivity index (χ0) is 23.3. The normalized spacial score (nSPS) is 12.3. The molecule has 8 nitrogen and oxygen atoms in total. The maximum Gasteiger partial charge on any atom is 0.185 e. The van der Waals surface area contributed by atoms with Crippen LogP contribution < -0.4 is 14.6 Å². The van der Waals surface area contributed by atoms with Crippen LogP contribution in [0.1, 0.15) is 29.8 Å². The van der Waals surface area contributed by atoms with E-state index in [1.807, 2.05) is 10.6 Å². The number of ketones is 1. The Bertz CT molecular complexity index is 1150. The fourth-order valence-electron chi connectivity index (χ4n) is 3.23. The summed E-state index contributed by atoms with van der Waals surface area (Å²) in [7, 11) is 1.55. The number of allylic oxidation sites excluding steroid dienone is 1. The van der Waals surface area contributed by atoms with Gasteiger partial charge in [0.25, 0.3) is 0 Å². The Hall–Kier alpha value is -3.30. The average molecular weight is 455 g/mol. The Kier molecular flexibility index (Phi) is 7.55. The van der Waals surface area contributed by atoms with Crippen LogP contribution in [-0.4, -0.2) is 39.0 Å². The Balaban J connectivity index is 1.97. The van der Waals surface area contributed by atoms with Crippen LogP contribution in [0.15, 0.2) is 53.7 Å². The summed E-state index contributed by atoms with van der Waals surface area (Å²) in [5.41, 5.74) is 1.89. The van der Waals surface area contributed by atoms with E-state index < -0.39 is 11.0 Å². The minimum absolute atomic E-state index is 0.207. The number of nitrogens with two attached hydrogens (primary N) is 1. The molecule has 0 spiro atoms. The summed E-state index contributed by atoms with van der Waals surface area (Å²) in [5.74, 6) is 2.02. The molecule has 2 N–H and O–H groups in total. The van der Waals surface area contributed by atoms with E-state index in [4.69, 9.17) is 14.6 Å². The molecule has 0 aliphatic rings. The van der Waals surface area contributed by atoms with Crippen LogP contribution >= 0.6 is 0 Å². The summed E-state index contributed by atoms with van der Waals surface area (Å²) in [6.45, 7) is 4.99. The van der Waals surface area contributed by atoms with Crippen LogP contribution in [0.3, 0.4) is 0 Å². The number of benzene rings is 2. The molecular weight excluding hydrogens is 428 g/mol. The number of hydrogen-bond donors (Lipinski definition) is 1. The highest BCUT2D eigenvalue weighted by atomic mass is 32.2. The topological polar surface area (TPSA) is 109 Å². The minimum Gasteiger partial charge on any atom is -0.496 e. The first-order valence-corrected chi connectivity index (χ1v) is 11.2. The van der Waals surface area contributed by atoms with E-state index in [1.165, 1.54) is 6.08 Å². The quantitative estimate of drug-likeness (QED) is 0.391. The minimum atomic E-state index is -1.59. The standard InChI is InChI=1S/C23H26N4O4S/c1-15(2)13-27-14-25-26-23(27)19-11-17(21(30-3)12-22(19)31-4)7-10-20(28)16-5-8-18(9-6-16)32(24)29/h5-12,14-15H,13,24H2,1-4H3/b10-7+. The predicted molar refractivity (Wildman–Crippen MR) is 124 cm³/mol. The van der Waals surface area contributed by atoms with Crippen LogP contribution in [-0.2, 0) is 17.5 Å². The number of aromatic nitrogens is 3. The number of rotatable bonds is 9. The van der Waals surface area contributed by atoms with E-state index in [1.54, 1.807) is 57.0 Å². The van der Waals surface area contributed by atoms with Gasteiger partial charge in [-0.15, -0.1) is 10.2 Å². The van der Waals surface area contributed by atoms with E-state index in [0.717, 1.165) is 12.1 Å². The molecule has 32 heavy (non-hydrogen) atoms. The van der Waals surface area contributed by atoms with Crippen molar-refractivity contribution in [3.05, 3.63) is 59.9 Å². The van der Waals surface area contributed by atoms with Crippen LogP contribution in [0.2, 0.25) is 0 Å². The van der Waals surface area contributed by atoms with Gasteiger partial charge in [0.1, 0.15) is 28.8 Å². The molecule has 2 aromatic carbocycles. The van der Waals surface area contributed by atoms with Gasteiger partial charge in [0.15, 0.2) is 11.6 Å². The smallest absolute Gasteiger partial charge is 0.185 e. The van der Waals surface area contributed by atoms with Crippen LogP contribution in [0, 0.1) is 5.92 Å². The average Bonchev–Trinajstić information content (AvgIpc) is 3.23. The van der Waals surface area contributed by atoms with Crippen molar-refractivity contribution in [2.24, 2.45) is 11.1 Å². The Morgan fingerprint density at radius 1 is 1.16 bits per heavy atom. The third-order valence-electron chi connectivity index (χ3n) is 4.76. The van der Waals surface area contributed by atoms with Crippen molar-refractivity contribution in [3.63, 3.8) is 0 Å². The van der Waals surface area contributed by atoms with Crippen molar-refractivity contribution >= 4 is 22.8 Å². The van der Waals surface area contributed by atoms with E-state index >= 15 is 0 Å². The third-order valence-corrected chi connectivity index (χ3v) is 5.49. The van der Waals surface area contributed by atoms with Gasteiger partial charge in [-0.2, -0.15) is 0 Å². The molecule has 0 aliphatic carbocycles. The van der Waals surface area contributed by atoms with E-state index in [2.05, 4.69) is 24.0 Å². The maximum absolute atomic E-state index is 12.6. The second-order valence-corrected chi connectivity index (χ2v) is 8.58. The lowest BCUT2D eigenvalue weighted by Gasteiger charge is -2.15. The molecule has 1 heterocycles. The molecule has 168 valence electrons. The number of hydrogen-bond acceptors (Lipinski definition) is 6. The maximum atomic E-state index is 12.6. The molecule has 9 heteroatoms. The lowest BCUT2D eigenvalue weighted by molar-refractivity contribution is 0.104. The fourth-order valence-corrected chi connectivity index (χ4v) is 3.64. The third kappa shape index (κ3) is 5.30. The first-order valence-electron chi connectivity index (χ1n) is 9.96. The molecule has 0 saturated heterocycles. The molecule has 0 fully saturated rings. The summed E-state index contributed by atoms with van der Waals surface area (Å²) in [5, 5.41) is 13.7. The second-order valence-electron chi connectivity index (χ2n) is 7.51. The Morgan fingerprint density at radius 2 is 1.84 bits per heavy atom. The Morgan fingerprint density at radius 3 is 2.44 bits per heavy atom. The monoisotopic (exact) mass is 454 g/mol. The van der Waals surface area contributed by atoms with E-state index in [0.29, 0.717) is 39.3 Å². The van der Waals surface area contributed by atoms with Crippen molar-refractivity contribution in [2.45, 2.75) is 25.3 Å². The predicted octanol–water partition coefficient (Wildman–Crippen LogP) is 3.50. The summed E-state index contributed by atoms with van der Waals surface area (Å²) in [4.78, 5) is 13.1. The number of ether oxygens (including phenoxy) is 2. The van der Waals surface area contributed by atoms with Gasteiger partial charge in [-0.05, 0) is 48.4 Å². The summed E-state index contributed by atoms with van der Waals surface area (Å²) in [6.07, 6.45) is 4.83. The van der Waals surface area contributed by atoms with E-state index in [-0.39, 0.29) is 5.78 Å². The first-order chi connectivity index (χ1) is 15.3.